The fourth-order valence-corrected chi connectivity index (χ4v) is 4.34. The number of aliphatic hydroxyl groups is 1. The highest BCUT2D eigenvalue weighted by atomic mass is 19.1. The minimum absolute atomic E-state index is 0.175. The van der Waals surface area contributed by atoms with Crippen molar-refractivity contribution < 1.29 is 28.2 Å². The molecule has 10 nitrogen and oxygen atoms in total. The number of furan rings is 1. The zero-order chi connectivity index (χ0) is 23.8. The standard InChI is InChI=1S/C23H24FN5O5/c1-2-28-12-15(23(31)32)21(30)14-10-16(24)18(11-17(14)28)29-7-5-27(6-8-29)13-20-25-26-22(34-20)19-4-3-9-33-19/h3-4,9-12,21,30H,2,5-8,13H2,1H3,(H,31,32). The number of aliphatic carboxylic acids is 1. The van der Waals surface area contributed by atoms with Gasteiger partial charge in [-0.15, -0.1) is 10.2 Å². The van der Waals surface area contributed by atoms with E-state index in [2.05, 4.69) is 15.1 Å². The lowest BCUT2D eigenvalue weighted by Crippen LogP contribution is -2.46. The number of anilines is 2. The van der Waals surface area contributed by atoms with Gasteiger partial charge in [0.25, 0.3) is 5.89 Å². The van der Waals surface area contributed by atoms with Gasteiger partial charge < -0.3 is 28.8 Å². The van der Waals surface area contributed by atoms with E-state index in [0.29, 0.717) is 68.2 Å². The number of aliphatic hydroxyl groups excluding tert-OH is 1. The highest BCUT2D eigenvalue weighted by molar-refractivity contribution is 5.91. The first kappa shape index (κ1) is 22.1. The molecule has 11 heteroatoms. The van der Waals surface area contributed by atoms with Crippen molar-refractivity contribution in [3.05, 3.63) is 59.6 Å². The number of rotatable bonds is 6. The van der Waals surface area contributed by atoms with Gasteiger partial charge in [0.15, 0.2) is 5.76 Å². The lowest BCUT2D eigenvalue weighted by Gasteiger charge is -2.37. The third-order valence-electron chi connectivity index (χ3n) is 6.15. The molecule has 2 aliphatic rings. The van der Waals surface area contributed by atoms with E-state index in [1.54, 1.807) is 29.4 Å². The SMILES string of the molecule is CCN1C=C(C(=O)O)C(O)c2cc(F)c(N3CCN(Cc4nnc(-c5ccco5)o4)CC3)cc21. The normalized spacial score (nSPS) is 18.7. The maximum Gasteiger partial charge on any atom is 0.336 e. The van der Waals surface area contributed by atoms with Crippen LogP contribution in [0.1, 0.15) is 24.5 Å². The lowest BCUT2D eigenvalue weighted by atomic mass is 9.95. The second-order valence-corrected chi connectivity index (χ2v) is 8.18. The van der Waals surface area contributed by atoms with Gasteiger partial charge in [0.05, 0.1) is 24.1 Å². The van der Waals surface area contributed by atoms with E-state index in [9.17, 15) is 15.0 Å². The van der Waals surface area contributed by atoms with E-state index in [0.717, 1.165) is 0 Å². The van der Waals surface area contributed by atoms with Crippen LogP contribution in [0.15, 0.2) is 51.1 Å². The average molecular weight is 469 g/mol. The largest absolute Gasteiger partial charge is 0.478 e. The van der Waals surface area contributed by atoms with Gasteiger partial charge in [0, 0.05) is 50.2 Å². The van der Waals surface area contributed by atoms with Crippen LogP contribution in [-0.4, -0.2) is 64.0 Å². The fourth-order valence-electron chi connectivity index (χ4n) is 4.34. The first-order valence-electron chi connectivity index (χ1n) is 11.0. The van der Waals surface area contributed by atoms with Crippen LogP contribution in [-0.2, 0) is 11.3 Å². The number of carboxylic acid groups (broad SMARTS) is 1. The van der Waals surface area contributed by atoms with Gasteiger partial charge >= 0.3 is 5.97 Å². The van der Waals surface area contributed by atoms with Crippen molar-refractivity contribution >= 4 is 17.3 Å². The van der Waals surface area contributed by atoms with Gasteiger partial charge in [-0.05, 0) is 31.2 Å². The Hall–Kier alpha value is -3.70. The number of piperazine rings is 1. The molecule has 1 fully saturated rings. The molecule has 2 aliphatic heterocycles. The molecule has 34 heavy (non-hydrogen) atoms. The van der Waals surface area contributed by atoms with Gasteiger partial charge in [-0.3, -0.25) is 4.90 Å². The molecule has 2 aromatic heterocycles. The van der Waals surface area contributed by atoms with E-state index >= 15 is 4.39 Å². The summed E-state index contributed by atoms with van der Waals surface area (Å²) >= 11 is 0. The Labute approximate surface area is 194 Å². The van der Waals surface area contributed by atoms with Gasteiger partial charge in [-0.25, -0.2) is 9.18 Å². The molecular weight excluding hydrogens is 445 g/mol. The molecule has 1 unspecified atom stereocenters. The fraction of sp³-hybridized carbons (Fsp3) is 0.348. The summed E-state index contributed by atoms with van der Waals surface area (Å²) in [6.07, 6.45) is 1.58. The highest BCUT2D eigenvalue weighted by Gasteiger charge is 2.32. The summed E-state index contributed by atoms with van der Waals surface area (Å²) in [5.41, 5.74) is 1.11. The van der Waals surface area contributed by atoms with Crippen LogP contribution in [0.4, 0.5) is 15.8 Å². The second kappa shape index (κ2) is 8.92. The maximum atomic E-state index is 15.1. The van der Waals surface area contributed by atoms with Gasteiger partial charge in [0.2, 0.25) is 5.89 Å². The predicted molar refractivity (Wildman–Crippen MR) is 120 cm³/mol. The molecule has 1 atom stereocenters. The van der Waals surface area contributed by atoms with E-state index in [4.69, 9.17) is 8.83 Å². The smallest absolute Gasteiger partial charge is 0.336 e. The monoisotopic (exact) mass is 469 g/mol. The van der Waals surface area contributed by atoms with Gasteiger partial charge in [-0.2, -0.15) is 0 Å². The molecule has 0 aliphatic carbocycles. The van der Waals surface area contributed by atoms with Crippen molar-refractivity contribution in [1.29, 1.82) is 0 Å². The highest BCUT2D eigenvalue weighted by Crippen LogP contribution is 2.40. The first-order valence-corrected chi connectivity index (χ1v) is 11.0. The van der Waals surface area contributed by atoms with E-state index in [1.807, 2.05) is 11.8 Å². The number of carboxylic acids is 1. The van der Waals surface area contributed by atoms with Gasteiger partial charge in [0.1, 0.15) is 11.9 Å². The van der Waals surface area contributed by atoms with Crippen LogP contribution < -0.4 is 9.80 Å². The minimum atomic E-state index is -1.38. The molecule has 0 bridgehead atoms. The number of nitrogens with zero attached hydrogens (tertiary/aromatic N) is 5. The molecule has 0 amide bonds. The van der Waals surface area contributed by atoms with Gasteiger partial charge in [-0.1, -0.05) is 0 Å². The minimum Gasteiger partial charge on any atom is -0.478 e. The molecule has 4 heterocycles. The maximum absolute atomic E-state index is 15.1. The average Bonchev–Trinajstić information content (AvgIpc) is 3.52. The van der Waals surface area contributed by atoms with Crippen molar-refractivity contribution in [2.45, 2.75) is 19.6 Å². The number of benzene rings is 1. The van der Waals surface area contributed by atoms with Crippen molar-refractivity contribution in [3.8, 4) is 11.7 Å². The number of hydrogen-bond acceptors (Lipinski definition) is 9. The molecule has 3 aromatic rings. The Bertz CT molecular complexity index is 1220. The summed E-state index contributed by atoms with van der Waals surface area (Å²) < 4.78 is 26.0. The molecule has 0 saturated carbocycles. The number of halogens is 1. The predicted octanol–water partition coefficient (Wildman–Crippen LogP) is 2.63. The van der Waals surface area contributed by atoms with Crippen LogP contribution >= 0.6 is 0 Å². The number of aromatic nitrogens is 2. The first-order chi connectivity index (χ1) is 16.4. The Kier molecular flexibility index (Phi) is 5.80. The van der Waals surface area contributed by atoms with E-state index in [-0.39, 0.29) is 11.1 Å². The zero-order valence-electron chi connectivity index (χ0n) is 18.5. The van der Waals surface area contributed by atoms with Crippen LogP contribution in [0.25, 0.3) is 11.7 Å². The Morgan fingerprint density at radius 3 is 2.68 bits per heavy atom. The van der Waals surface area contributed by atoms with Crippen molar-refractivity contribution in [3.63, 3.8) is 0 Å². The van der Waals surface area contributed by atoms with Crippen LogP contribution in [0.2, 0.25) is 0 Å². The molecule has 1 aromatic carbocycles. The molecule has 0 radical (unpaired) electrons. The van der Waals surface area contributed by atoms with Crippen LogP contribution in [0, 0.1) is 5.82 Å². The molecule has 2 N–H and O–H groups in total. The summed E-state index contributed by atoms with van der Waals surface area (Å²) in [5.74, 6) is -0.391. The summed E-state index contributed by atoms with van der Waals surface area (Å²) in [6.45, 7) is 5.33. The molecular formula is C23H24FN5O5. The summed E-state index contributed by atoms with van der Waals surface area (Å²) in [7, 11) is 0. The van der Waals surface area contributed by atoms with Crippen LogP contribution in [0.3, 0.4) is 0 Å². The molecule has 0 spiro atoms. The Balaban J connectivity index is 1.28. The number of hydrogen-bond donors (Lipinski definition) is 2. The second-order valence-electron chi connectivity index (χ2n) is 8.18. The van der Waals surface area contributed by atoms with Crippen LogP contribution in [0.5, 0.6) is 0 Å². The summed E-state index contributed by atoms with van der Waals surface area (Å²) in [5, 5.41) is 27.9. The molecule has 178 valence electrons. The third-order valence-corrected chi connectivity index (χ3v) is 6.15. The van der Waals surface area contributed by atoms with Crippen molar-refractivity contribution in [2.75, 3.05) is 42.5 Å². The Morgan fingerprint density at radius 1 is 1.21 bits per heavy atom. The van der Waals surface area contributed by atoms with E-state index in [1.165, 1.54) is 12.3 Å². The summed E-state index contributed by atoms with van der Waals surface area (Å²) in [6, 6.07) is 6.44. The Morgan fingerprint density at radius 2 is 2.00 bits per heavy atom. The zero-order valence-corrected chi connectivity index (χ0v) is 18.5. The van der Waals surface area contributed by atoms with Crippen molar-refractivity contribution in [2.24, 2.45) is 0 Å². The van der Waals surface area contributed by atoms with E-state index < -0.39 is 17.9 Å². The molecule has 1 saturated heterocycles. The number of fused-ring (bicyclic) bond motifs is 1. The van der Waals surface area contributed by atoms with Crippen molar-refractivity contribution in [1.82, 2.24) is 15.1 Å². The lowest BCUT2D eigenvalue weighted by molar-refractivity contribution is -0.133. The topological polar surface area (TPSA) is 119 Å². The molecule has 5 rings (SSSR count). The quantitative estimate of drug-likeness (QED) is 0.558. The number of carbonyl (C=O) groups is 1. The summed E-state index contributed by atoms with van der Waals surface area (Å²) in [4.78, 5) is 17.3. The third kappa shape index (κ3) is 4.03.